The first kappa shape index (κ1) is 17.5. The van der Waals surface area contributed by atoms with Crippen LogP contribution in [0.1, 0.15) is 52.1 Å². The van der Waals surface area contributed by atoms with Crippen LogP contribution < -0.4 is 10.2 Å². The van der Waals surface area contributed by atoms with E-state index in [0.717, 1.165) is 36.8 Å². The minimum Gasteiger partial charge on any atom is -0.358 e. The summed E-state index contributed by atoms with van der Waals surface area (Å²) in [5, 5.41) is 3.46. The van der Waals surface area contributed by atoms with Gasteiger partial charge in [-0.1, -0.05) is 33.6 Å². The lowest BCUT2D eigenvalue weighted by atomic mass is 10.2. The maximum Gasteiger partial charge on any atom is 0.131 e. The lowest BCUT2D eigenvalue weighted by molar-refractivity contribution is 0.545. The third-order valence-electron chi connectivity index (χ3n) is 3.23. The minimum atomic E-state index is 0.325. The predicted molar refractivity (Wildman–Crippen MR) is 89.4 cm³/mol. The molecule has 0 saturated heterocycles. The summed E-state index contributed by atoms with van der Waals surface area (Å²) < 4.78 is 0. The molecule has 0 aromatic carbocycles. The van der Waals surface area contributed by atoms with E-state index in [1.807, 2.05) is 6.20 Å². The number of rotatable bonds is 8. The van der Waals surface area contributed by atoms with Crippen LogP contribution in [0.25, 0.3) is 0 Å². The zero-order chi connectivity index (χ0) is 15.8. The van der Waals surface area contributed by atoms with E-state index < -0.39 is 0 Å². The summed E-state index contributed by atoms with van der Waals surface area (Å²) in [4.78, 5) is 11.4. The average molecular weight is 288 g/mol. The molecule has 1 N–H and O–H groups in total. The van der Waals surface area contributed by atoms with Crippen LogP contribution in [0.2, 0.25) is 0 Å². The Bertz CT molecular complexity index is 474. The first-order valence-corrected chi connectivity index (χ1v) is 7.74. The molecule has 0 aliphatic carbocycles. The molecule has 1 heterocycles. The predicted octanol–water partition coefficient (Wildman–Crippen LogP) is 2.81. The minimum absolute atomic E-state index is 0.325. The van der Waals surface area contributed by atoms with Crippen molar-refractivity contribution in [2.45, 2.75) is 47.1 Å². The summed E-state index contributed by atoms with van der Waals surface area (Å²) >= 11 is 0. The standard InChI is InChI=1S/C17H28N4/c1-7-9-21(8-2)16-12-19-17(14(5)6)20-15(16)11-18-10-13(3)4/h1,12-14,18H,8-11H2,2-6H3. The number of nitrogens with one attached hydrogen (secondary N) is 1. The third kappa shape index (κ3) is 5.35. The van der Waals surface area contributed by atoms with E-state index in [1.165, 1.54) is 0 Å². The van der Waals surface area contributed by atoms with Crippen molar-refractivity contribution < 1.29 is 0 Å². The summed E-state index contributed by atoms with van der Waals surface area (Å²) in [5.74, 6) is 4.54. The highest BCUT2D eigenvalue weighted by Gasteiger charge is 2.14. The second-order valence-corrected chi connectivity index (χ2v) is 5.96. The second-order valence-electron chi connectivity index (χ2n) is 5.96. The molecule has 0 saturated carbocycles. The van der Waals surface area contributed by atoms with Crippen LogP contribution in [-0.2, 0) is 6.54 Å². The maximum atomic E-state index is 5.46. The summed E-state index contributed by atoms with van der Waals surface area (Å²) in [7, 11) is 0. The van der Waals surface area contributed by atoms with E-state index >= 15 is 0 Å². The zero-order valence-electron chi connectivity index (χ0n) is 14.0. The van der Waals surface area contributed by atoms with Gasteiger partial charge in [0.2, 0.25) is 0 Å². The molecule has 4 heteroatoms. The van der Waals surface area contributed by atoms with Crippen molar-refractivity contribution in [2.75, 3.05) is 24.5 Å². The van der Waals surface area contributed by atoms with E-state index in [4.69, 9.17) is 11.4 Å². The van der Waals surface area contributed by atoms with Crippen LogP contribution in [0.15, 0.2) is 6.20 Å². The summed E-state index contributed by atoms with van der Waals surface area (Å²) in [6.45, 7) is 13.9. The number of terminal acetylenes is 1. The topological polar surface area (TPSA) is 41.1 Å². The lowest BCUT2D eigenvalue weighted by Gasteiger charge is -2.23. The van der Waals surface area contributed by atoms with Gasteiger partial charge in [0.1, 0.15) is 5.82 Å². The van der Waals surface area contributed by atoms with E-state index in [1.54, 1.807) is 0 Å². The molecule has 21 heavy (non-hydrogen) atoms. The Morgan fingerprint density at radius 3 is 2.57 bits per heavy atom. The van der Waals surface area contributed by atoms with Gasteiger partial charge in [-0.15, -0.1) is 6.42 Å². The van der Waals surface area contributed by atoms with Crippen LogP contribution in [0.5, 0.6) is 0 Å². The normalized spacial score (nSPS) is 11.0. The molecule has 0 spiro atoms. The van der Waals surface area contributed by atoms with Crippen molar-refractivity contribution in [3.8, 4) is 12.3 Å². The summed E-state index contributed by atoms with van der Waals surface area (Å²) in [5.41, 5.74) is 2.07. The Hall–Kier alpha value is -1.60. The van der Waals surface area contributed by atoms with Crippen molar-refractivity contribution in [1.82, 2.24) is 15.3 Å². The van der Waals surface area contributed by atoms with Gasteiger partial charge in [0, 0.05) is 19.0 Å². The van der Waals surface area contributed by atoms with Gasteiger partial charge in [-0.3, -0.25) is 0 Å². The first-order valence-electron chi connectivity index (χ1n) is 7.74. The van der Waals surface area contributed by atoms with E-state index in [-0.39, 0.29) is 0 Å². The molecule has 0 aliphatic rings. The molecule has 1 aromatic heterocycles. The fraction of sp³-hybridized carbons (Fsp3) is 0.647. The number of nitrogens with zero attached hydrogens (tertiary/aromatic N) is 3. The van der Waals surface area contributed by atoms with Crippen LogP contribution in [0.3, 0.4) is 0 Å². The highest BCUT2D eigenvalue weighted by atomic mass is 15.1. The maximum absolute atomic E-state index is 5.46. The molecular weight excluding hydrogens is 260 g/mol. The molecule has 4 nitrogen and oxygen atoms in total. The Kier molecular flexibility index (Phi) is 7.18. The van der Waals surface area contributed by atoms with Crippen molar-refractivity contribution in [3.63, 3.8) is 0 Å². The van der Waals surface area contributed by atoms with Crippen LogP contribution in [0.4, 0.5) is 5.69 Å². The highest BCUT2D eigenvalue weighted by molar-refractivity contribution is 5.50. The smallest absolute Gasteiger partial charge is 0.131 e. The van der Waals surface area contributed by atoms with E-state index in [2.05, 4.69) is 55.7 Å². The molecule has 1 aromatic rings. The molecule has 1 rings (SSSR count). The Balaban J connectivity index is 3.01. The molecule has 0 aliphatic heterocycles. The van der Waals surface area contributed by atoms with Gasteiger partial charge in [-0.25, -0.2) is 9.97 Å². The first-order chi connectivity index (χ1) is 9.99. The fourth-order valence-electron chi connectivity index (χ4n) is 2.06. The third-order valence-corrected chi connectivity index (χ3v) is 3.23. The second kappa shape index (κ2) is 8.63. The van der Waals surface area contributed by atoms with Crippen molar-refractivity contribution in [3.05, 3.63) is 17.7 Å². The molecule has 0 unspecified atom stereocenters. The van der Waals surface area contributed by atoms with Crippen LogP contribution in [0, 0.1) is 18.3 Å². The SMILES string of the molecule is C#CCN(CC)c1cnc(C(C)C)nc1CNCC(C)C. The quantitative estimate of drug-likeness (QED) is 0.747. The highest BCUT2D eigenvalue weighted by Crippen LogP contribution is 2.20. The average Bonchev–Trinajstić information content (AvgIpc) is 2.44. The Morgan fingerprint density at radius 1 is 1.33 bits per heavy atom. The van der Waals surface area contributed by atoms with Crippen molar-refractivity contribution in [2.24, 2.45) is 5.92 Å². The van der Waals surface area contributed by atoms with Gasteiger partial charge < -0.3 is 10.2 Å². The Labute approximate surface area is 129 Å². The van der Waals surface area contributed by atoms with Crippen LogP contribution >= 0.6 is 0 Å². The molecule has 0 atom stereocenters. The van der Waals surface area contributed by atoms with E-state index in [9.17, 15) is 0 Å². The number of aromatic nitrogens is 2. The summed E-state index contributed by atoms with van der Waals surface area (Å²) in [6.07, 6.45) is 7.37. The number of hydrogen-bond donors (Lipinski definition) is 1. The lowest BCUT2D eigenvalue weighted by Crippen LogP contribution is -2.27. The largest absolute Gasteiger partial charge is 0.358 e. The monoisotopic (exact) mass is 288 g/mol. The zero-order valence-corrected chi connectivity index (χ0v) is 14.0. The molecule has 0 fully saturated rings. The van der Waals surface area contributed by atoms with Gasteiger partial charge in [0.15, 0.2) is 0 Å². The molecule has 0 bridgehead atoms. The molecule has 0 amide bonds. The van der Waals surface area contributed by atoms with Gasteiger partial charge in [-0.05, 0) is 19.4 Å². The van der Waals surface area contributed by atoms with Gasteiger partial charge in [-0.2, -0.15) is 0 Å². The molecular formula is C17H28N4. The van der Waals surface area contributed by atoms with Gasteiger partial charge >= 0.3 is 0 Å². The van der Waals surface area contributed by atoms with E-state index in [0.29, 0.717) is 18.4 Å². The number of anilines is 1. The van der Waals surface area contributed by atoms with Crippen LogP contribution in [-0.4, -0.2) is 29.6 Å². The molecule has 0 radical (unpaired) electrons. The van der Waals surface area contributed by atoms with Gasteiger partial charge in [0.05, 0.1) is 24.1 Å². The molecule has 116 valence electrons. The van der Waals surface area contributed by atoms with Gasteiger partial charge in [0.25, 0.3) is 0 Å². The summed E-state index contributed by atoms with van der Waals surface area (Å²) in [6, 6.07) is 0. The Morgan fingerprint density at radius 2 is 2.05 bits per heavy atom. The van der Waals surface area contributed by atoms with Crippen molar-refractivity contribution >= 4 is 5.69 Å². The van der Waals surface area contributed by atoms with Crippen molar-refractivity contribution in [1.29, 1.82) is 0 Å². The fourth-order valence-corrected chi connectivity index (χ4v) is 2.06. The number of hydrogen-bond acceptors (Lipinski definition) is 4.